The standard InChI is InChI=1S/C16H23N3O4/c1-22-13-6-12(7-14(8-13)23-2)19-15(20)10-18-16(21)11-4-3-5-17-9-11/h6-8,11,17H,3-5,9-10H2,1-2H3,(H,18,21)(H,19,20). The van der Waals surface area contributed by atoms with Gasteiger partial charge in [0.2, 0.25) is 11.8 Å². The molecule has 1 heterocycles. The molecule has 3 N–H and O–H groups in total. The number of anilines is 1. The highest BCUT2D eigenvalue weighted by Crippen LogP contribution is 2.25. The largest absolute Gasteiger partial charge is 0.497 e. The third kappa shape index (κ3) is 5.14. The first-order valence-corrected chi connectivity index (χ1v) is 7.63. The van der Waals surface area contributed by atoms with Gasteiger partial charge < -0.3 is 25.4 Å². The Morgan fingerprint density at radius 3 is 2.48 bits per heavy atom. The molecule has 0 bridgehead atoms. The van der Waals surface area contributed by atoms with E-state index >= 15 is 0 Å². The fourth-order valence-electron chi connectivity index (χ4n) is 2.47. The van der Waals surface area contributed by atoms with E-state index in [2.05, 4.69) is 16.0 Å². The summed E-state index contributed by atoms with van der Waals surface area (Å²) in [5, 5.41) is 8.58. The molecular weight excluding hydrogens is 298 g/mol. The Hall–Kier alpha value is -2.28. The summed E-state index contributed by atoms with van der Waals surface area (Å²) >= 11 is 0. The number of amides is 2. The van der Waals surface area contributed by atoms with Crippen LogP contribution in [0.3, 0.4) is 0 Å². The van der Waals surface area contributed by atoms with Gasteiger partial charge in [-0.05, 0) is 19.4 Å². The van der Waals surface area contributed by atoms with E-state index in [1.165, 1.54) is 0 Å². The van der Waals surface area contributed by atoms with Crippen LogP contribution in [0.2, 0.25) is 0 Å². The van der Waals surface area contributed by atoms with Crippen LogP contribution < -0.4 is 25.4 Å². The van der Waals surface area contributed by atoms with Gasteiger partial charge in [-0.3, -0.25) is 9.59 Å². The quantitative estimate of drug-likeness (QED) is 0.720. The van der Waals surface area contributed by atoms with E-state index in [-0.39, 0.29) is 24.3 Å². The lowest BCUT2D eigenvalue weighted by Crippen LogP contribution is -2.42. The molecule has 0 saturated carbocycles. The molecule has 1 fully saturated rings. The normalized spacial score (nSPS) is 17.2. The lowest BCUT2D eigenvalue weighted by molar-refractivity contribution is -0.127. The molecule has 126 valence electrons. The molecule has 1 aliphatic rings. The average molecular weight is 321 g/mol. The van der Waals surface area contributed by atoms with Crippen LogP contribution in [0.25, 0.3) is 0 Å². The Labute approximate surface area is 135 Å². The molecule has 2 rings (SSSR count). The first kappa shape index (κ1) is 17.1. The number of nitrogens with one attached hydrogen (secondary N) is 3. The molecule has 1 unspecified atom stereocenters. The molecule has 1 saturated heterocycles. The number of ether oxygens (including phenoxy) is 2. The average Bonchev–Trinajstić information content (AvgIpc) is 2.60. The zero-order chi connectivity index (χ0) is 16.7. The molecular formula is C16H23N3O4. The summed E-state index contributed by atoms with van der Waals surface area (Å²) in [6.45, 7) is 1.55. The first-order valence-electron chi connectivity index (χ1n) is 7.63. The predicted molar refractivity (Wildman–Crippen MR) is 86.8 cm³/mol. The van der Waals surface area contributed by atoms with Crippen LogP contribution in [-0.2, 0) is 9.59 Å². The van der Waals surface area contributed by atoms with E-state index in [9.17, 15) is 9.59 Å². The molecule has 0 radical (unpaired) electrons. The highest BCUT2D eigenvalue weighted by Gasteiger charge is 2.21. The Bertz CT molecular complexity index is 534. The maximum Gasteiger partial charge on any atom is 0.243 e. The minimum atomic E-state index is -0.294. The van der Waals surface area contributed by atoms with Gasteiger partial charge in [-0.1, -0.05) is 0 Å². The minimum absolute atomic E-state index is 0.0607. The molecule has 0 spiro atoms. The van der Waals surface area contributed by atoms with Gasteiger partial charge in [0, 0.05) is 30.4 Å². The summed E-state index contributed by atoms with van der Waals surface area (Å²) < 4.78 is 10.3. The second kappa shape index (κ2) is 8.38. The molecule has 1 atom stereocenters. The molecule has 1 aromatic carbocycles. The van der Waals surface area contributed by atoms with Crippen molar-refractivity contribution in [2.45, 2.75) is 12.8 Å². The van der Waals surface area contributed by atoms with Crippen LogP contribution in [0, 0.1) is 5.92 Å². The van der Waals surface area contributed by atoms with Gasteiger partial charge in [-0.15, -0.1) is 0 Å². The van der Waals surface area contributed by atoms with Crippen LogP contribution in [0.4, 0.5) is 5.69 Å². The fourth-order valence-corrected chi connectivity index (χ4v) is 2.47. The van der Waals surface area contributed by atoms with Crippen molar-refractivity contribution in [1.82, 2.24) is 10.6 Å². The fraction of sp³-hybridized carbons (Fsp3) is 0.500. The molecule has 7 heteroatoms. The lowest BCUT2D eigenvalue weighted by atomic mass is 9.99. The van der Waals surface area contributed by atoms with Gasteiger partial charge in [0.05, 0.1) is 26.7 Å². The molecule has 1 aromatic rings. The number of hydrogen-bond donors (Lipinski definition) is 3. The van der Waals surface area contributed by atoms with Crippen molar-refractivity contribution in [1.29, 1.82) is 0 Å². The van der Waals surface area contributed by atoms with Crippen molar-refractivity contribution in [2.24, 2.45) is 5.92 Å². The second-order valence-electron chi connectivity index (χ2n) is 5.41. The zero-order valence-corrected chi connectivity index (χ0v) is 13.5. The van der Waals surface area contributed by atoms with Gasteiger partial charge in [0.25, 0.3) is 0 Å². The van der Waals surface area contributed by atoms with Crippen LogP contribution in [0.5, 0.6) is 11.5 Å². The van der Waals surface area contributed by atoms with Crippen molar-refractivity contribution < 1.29 is 19.1 Å². The number of methoxy groups -OCH3 is 2. The lowest BCUT2D eigenvalue weighted by Gasteiger charge is -2.21. The van der Waals surface area contributed by atoms with Gasteiger partial charge in [0.15, 0.2) is 0 Å². The second-order valence-corrected chi connectivity index (χ2v) is 5.41. The molecule has 0 aliphatic carbocycles. The Morgan fingerprint density at radius 2 is 1.91 bits per heavy atom. The summed E-state index contributed by atoms with van der Waals surface area (Å²) in [7, 11) is 3.08. The monoisotopic (exact) mass is 321 g/mol. The number of rotatable bonds is 6. The molecule has 23 heavy (non-hydrogen) atoms. The van der Waals surface area contributed by atoms with Crippen molar-refractivity contribution in [3.05, 3.63) is 18.2 Å². The summed E-state index contributed by atoms with van der Waals surface area (Å²) in [6, 6.07) is 5.09. The number of carbonyl (C=O) groups is 2. The number of piperidine rings is 1. The van der Waals surface area contributed by atoms with Crippen molar-refractivity contribution >= 4 is 17.5 Å². The van der Waals surface area contributed by atoms with Crippen molar-refractivity contribution in [3.63, 3.8) is 0 Å². The Kier molecular flexibility index (Phi) is 6.22. The van der Waals surface area contributed by atoms with E-state index in [1.807, 2.05) is 0 Å². The summed E-state index contributed by atoms with van der Waals surface area (Å²) in [6.07, 6.45) is 1.83. The molecule has 7 nitrogen and oxygen atoms in total. The SMILES string of the molecule is COc1cc(NC(=O)CNC(=O)C2CCCNC2)cc(OC)c1. The van der Waals surface area contributed by atoms with Gasteiger partial charge in [0.1, 0.15) is 11.5 Å². The van der Waals surface area contributed by atoms with E-state index in [1.54, 1.807) is 32.4 Å². The van der Waals surface area contributed by atoms with E-state index in [0.29, 0.717) is 23.7 Å². The van der Waals surface area contributed by atoms with Crippen molar-refractivity contribution in [3.8, 4) is 11.5 Å². The smallest absolute Gasteiger partial charge is 0.243 e. The third-order valence-corrected chi connectivity index (χ3v) is 3.73. The number of carbonyl (C=O) groups excluding carboxylic acids is 2. The van der Waals surface area contributed by atoms with E-state index in [4.69, 9.17) is 9.47 Å². The van der Waals surface area contributed by atoms with Gasteiger partial charge in [-0.2, -0.15) is 0 Å². The van der Waals surface area contributed by atoms with Crippen LogP contribution in [-0.4, -0.2) is 45.7 Å². The first-order chi connectivity index (χ1) is 11.1. The number of benzene rings is 1. The van der Waals surface area contributed by atoms with Crippen LogP contribution in [0.15, 0.2) is 18.2 Å². The highest BCUT2D eigenvalue weighted by atomic mass is 16.5. The Morgan fingerprint density at radius 1 is 1.22 bits per heavy atom. The number of hydrogen-bond acceptors (Lipinski definition) is 5. The van der Waals surface area contributed by atoms with Crippen LogP contribution in [0.1, 0.15) is 12.8 Å². The zero-order valence-electron chi connectivity index (χ0n) is 13.5. The molecule has 0 aromatic heterocycles. The third-order valence-electron chi connectivity index (χ3n) is 3.73. The predicted octanol–water partition coefficient (Wildman–Crippen LogP) is 0.758. The summed E-state index contributed by atoms with van der Waals surface area (Å²) in [4.78, 5) is 24.0. The maximum atomic E-state index is 12.0. The summed E-state index contributed by atoms with van der Waals surface area (Å²) in [5.74, 6) is 0.718. The minimum Gasteiger partial charge on any atom is -0.497 e. The molecule has 1 aliphatic heterocycles. The van der Waals surface area contributed by atoms with Gasteiger partial charge >= 0.3 is 0 Å². The van der Waals surface area contributed by atoms with E-state index < -0.39 is 0 Å². The van der Waals surface area contributed by atoms with Crippen molar-refractivity contribution in [2.75, 3.05) is 39.2 Å². The summed E-state index contributed by atoms with van der Waals surface area (Å²) in [5.41, 5.74) is 0.555. The topological polar surface area (TPSA) is 88.7 Å². The van der Waals surface area contributed by atoms with Gasteiger partial charge in [-0.25, -0.2) is 0 Å². The van der Waals surface area contributed by atoms with E-state index in [0.717, 1.165) is 19.4 Å². The highest BCUT2D eigenvalue weighted by molar-refractivity contribution is 5.95. The maximum absolute atomic E-state index is 12.0. The molecule has 2 amide bonds. The Balaban J connectivity index is 1.85. The van der Waals surface area contributed by atoms with Crippen LogP contribution >= 0.6 is 0 Å².